The molecule has 1 atom stereocenters. The first kappa shape index (κ1) is 14.4. The van der Waals surface area contributed by atoms with Gasteiger partial charge in [-0.2, -0.15) is 0 Å². The number of hydrogen-bond acceptors (Lipinski definition) is 2. The second-order valence-corrected chi connectivity index (χ2v) is 5.00. The maximum Gasteiger partial charge on any atom is 0.263 e. The van der Waals surface area contributed by atoms with Crippen LogP contribution in [0, 0.1) is 0 Å². The molecule has 1 heterocycles. The highest BCUT2D eigenvalue weighted by Gasteiger charge is 2.12. The van der Waals surface area contributed by atoms with Crippen LogP contribution in [0.5, 0.6) is 0 Å². The van der Waals surface area contributed by atoms with Gasteiger partial charge in [0.2, 0.25) is 0 Å². The van der Waals surface area contributed by atoms with Gasteiger partial charge in [-0.25, -0.2) is 8.78 Å². The largest absolute Gasteiger partial charge is 0.378 e. The van der Waals surface area contributed by atoms with E-state index >= 15 is 0 Å². The number of nitrogens with one attached hydrogen (secondary N) is 1. The summed E-state index contributed by atoms with van der Waals surface area (Å²) in [6.45, 7) is 2.51. The third-order valence-electron chi connectivity index (χ3n) is 3.48. The third kappa shape index (κ3) is 4.88. The second kappa shape index (κ2) is 7.56. The van der Waals surface area contributed by atoms with Gasteiger partial charge in [0.25, 0.3) is 6.43 Å². The molecule has 1 N–H and O–H groups in total. The van der Waals surface area contributed by atoms with Gasteiger partial charge < -0.3 is 10.1 Å². The van der Waals surface area contributed by atoms with Crippen LogP contribution in [0.15, 0.2) is 24.3 Å². The lowest BCUT2D eigenvalue weighted by Crippen LogP contribution is -2.25. The van der Waals surface area contributed by atoms with Crippen molar-refractivity contribution in [1.82, 2.24) is 5.32 Å². The van der Waals surface area contributed by atoms with E-state index in [4.69, 9.17) is 4.74 Å². The number of ether oxygens (including phenoxy) is 1. The van der Waals surface area contributed by atoms with Crippen molar-refractivity contribution in [3.8, 4) is 0 Å². The molecule has 1 aromatic rings. The summed E-state index contributed by atoms with van der Waals surface area (Å²) in [7, 11) is 0. The Hall–Kier alpha value is -1.00. The van der Waals surface area contributed by atoms with Crippen molar-refractivity contribution in [2.45, 2.75) is 44.8 Å². The van der Waals surface area contributed by atoms with Gasteiger partial charge in [0.05, 0.1) is 6.10 Å². The molecule has 0 bridgehead atoms. The van der Waals surface area contributed by atoms with Crippen LogP contribution in [0.2, 0.25) is 0 Å². The van der Waals surface area contributed by atoms with E-state index in [0.717, 1.165) is 38.1 Å². The van der Waals surface area contributed by atoms with Gasteiger partial charge in [-0.3, -0.25) is 0 Å². The minimum Gasteiger partial charge on any atom is -0.378 e. The average molecular weight is 269 g/mol. The quantitative estimate of drug-likeness (QED) is 0.796. The molecule has 1 aliphatic heterocycles. The highest BCUT2D eigenvalue weighted by molar-refractivity contribution is 5.23. The summed E-state index contributed by atoms with van der Waals surface area (Å²) in [4.78, 5) is 0. The fourth-order valence-electron chi connectivity index (χ4n) is 2.31. The summed E-state index contributed by atoms with van der Waals surface area (Å²) >= 11 is 0. The number of alkyl halides is 2. The zero-order chi connectivity index (χ0) is 13.5. The van der Waals surface area contributed by atoms with Crippen LogP contribution in [0.4, 0.5) is 8.78 Å². The van der Waals surface area contributed by atoms with E-state index in [-0.39, 0.29) is 5.56 Å². The Labute approximate surface area is 113 Å². The van der Waals surface area contributed by atoms with Gasteiger partial charge in [0.15, 0.2) is 0 Å². The van der Waals surface area contributed by atoms with Gasteiger partial charge in [-0.15, -0.1) is 0 Å². The number of hydrogen-bond donors (Lipinski definition) is 1. The van der Waals surface area contributed by atoms with Gasteiger partial charge in [-0.05, 0) is 37.8 Å². The van der Waals surface area contributed by atoms with Crippen molar-refractivity contribution in [1.29, 1.82) is 0 Å². The highest BCUT2D eigenvalue weighted by Crippen LogP contribution is 2.18. The van der Waals surface area contributed by atoms with Crippen LogP contribution in [-0.4, -0.2) is 19.3 Å². The molecule has 0 aliphatic carbocycles. The highest BCUT2D eigenvalue weighted by atomic mass is 19.3. The molecule has 0 amide bonds. The van der Waals surface area contributed by atoms with E-state index in [2.05, 4.69) is 5.32 Å². The molecule has 1 aliphatic rings. The van der Waals surface area contributed by atoms with Crippen LogP contribution in [0.3, 0.4) is 0 Å². The standard InChI is InChI=1S/C15H21F2NO/c16-15(17)13-6-4-12(5-7-13)11-18-9-8-14-3-1-2-10-19-14/h4-7,14-15,18H,1-3,8-11H2. The van der Waals surface area contributed by atoms with Crippen LogP contribution in [-0.2, 0) is 11.3 Å². The van der Waals surface area contributed by atoms with Crippen molar-refractivity contribution in [3.05, 3.63) is 35.4 Å². The topological polar surface area (TPSA) is 21.3 Å². The summed E-state index contributed by atoms with van der Waals surface area (Å²) < 4.78 is 30.4. The molecule has 0 radical (unpaired) electrons. The van der Waals surface area contributed by atoms with E-state index in [0.29, 0.717) is 6.10 Å². The molecule has 2 nitrogen and oxygen atoms in total. The van der Waals surface area contributed by atoms with Crippen LogP contribution in [0.25, 0.3) is 0 Å². The Morgan fingerprint density at radius 1 is 1.21 bits per heavy atom. The molecule has 1 fully saturated rings. The van der Waals surface area contributed by atoms with E-state index in [9.17, 15) is 8.78 Å². The first-order chi connectivity index (χ1) is 9.25. The Morgan fingerprint density at radius 2 is 2.00 bits per heavy atom. The van der Waals surface area contributed by atoms with E-state index < -0.39 is 6.43 Å². The maximum atomic E-state index is 12.4. The van der Waals surface area contributed by atoms with Crippen LogP contribution < -0.4 is 5.32 Å². The van der Waals surface area contributed by atoms with Crippen molar-refractivity contribution < 1.29 is 13.5 Å². The Kier molecular flexibility index (Phi) is 5.73. The molecule has 4 heteroatoms. The van der Waals surface area contributed by atoms with Crippen LogP contribution in [0.1, 0.15) is 43.2 Å². The first-order valence-corrected chi connectivity index (χ1v) is 6.95. The molecule has 1 aromatic carbocycles. The predicted molar refractivity (Wildman–Crippen MR) is 71.3 cm³/mol. The monoisotopic (exact) mass is 269 g/mol. The molecule has 1 unspecified atom stereocenters. The second-order valence-electron chi connectivity index (χ2n) is 5.00. The van der Waals surface area contributed by atoms with Crippen LogP contribution >= 0.6 is 0 Å². The lowest BCUT2D eigenvalue weighted by molar-refractivity contribution is 0.0115. The van der Waals surface area contributed by atoms with Crippen molar-refractivity contribution in [2.24, 2.45) is 0 Å². The summed E-state index contributed by atoms with van der Waals surface area (Å²) in [6, 6.07) is 6.50. The predicted octanol–water partition coefficient (Wildman–Crippen LogP) is 3.67. The van der Waals surface area contributed by atoms with E-state index in [1.807, 2.05) is 0 Å². The molecule has 2 rings (SSSR count). The molecular formula is C15H21F2NO. The molecule has 1 saturated heterocycles. The molecule has 106 valence electrons. The molecule has 19 heavy (non-hydrogen) atoms. The molecular weight excluding hydrogens is 248 g/mol. The zero-order valence-electron chi connectivity index (χ0n) is 11.1. The Balaban J connectivity index is 1.64. The first-order valence-electron chi connectivity index (χ1n) is 6.95. The number of halogens is 2. The van der Waals surface area contributed by atoms with Gasteiger partial charge >= 0.3 is 0 Å². The van der Waals surface area contributed by atoms with Gasteiger partial charge in [-0.1, -0.05) is 24.3 Å². The minimum absolute atomic E-state index is 0.0827. The van der Waals surface area contributed by atoms with Crippen molar-refractivity contribution >= 4 is 0 Å². The Morgan fingerprint density at radius 3 is 2.63 bits per heavy atom. The minimum atomic E-state index is -2.38. The fraction of sp³-hybridized carbons (Fsp3) is 0.600. The summed E-state index contributed by atoms with van der Waals surface area (Å²) in [5, 5.41) is 3.33. The van der Waals surface area contributed by atoms with Crippen molar-refractivity contribution in [3.63, 3.8) is 0 Å². The van der Waals surface area contributed by atoms with E-state index in [1.165, 1.54) is 25.0 Å². The SMILES string of the molecule is FC(F)c1ccc(CNCCC2CCCCO2)cc1. The van der Waals surface area contributed by atoms with Gasteiger partial charge in [0.1, 0.15) is 0 Å². The lowest BCUT2D eigenvalue weighted by Gasteiger charge is -2.22. The summed E-state index contributed by atoms with van der Waals surface area (Å²) in [5.41, 5.74) is 1.12. The van der Waals surface area contributed by atoms with Crippen molar-refractivity contribution in [2.75, 3.05) is 13.2 Å². The average Bonchev–Trinajstić information content (AvgIpc) is 2.45. The summed E-state index contributed by atoms with van der Waals surface area (Å²) in [5.74, 6) is 0. The maximum absolute atomic E-state index is 12.4. The smallest absolute Gasteiger partial charge is 0.263 e. The number of benzene rings is 1. The Bertz CT molecular complexity index is 361. The van der Waals surface area contributed by atoms with E-state index in [1.54, 1.807) is 12.1 Å². The van der Waals surface area contributed by atoms with Gasteiger partial charge in [0, 0.05) is 18.7 Å². The molecule has 0 aromatic heterocycles. The number of rotatable bonds is 6. The third-order valence-corrected chi connectivity index (χ3v) is 3.48. The normalized spacial score (nSPS) is 19.8. The molecule has 0 spiro atoms. The lowest BCUT2D eigenvalue weighted by atomic mass is 10.1. The molecule has 0 saturated carbocycles. The zero-order valence-corrected chi connectivity index (χ0v) is 11.1. The fourth-order valence-corrected chi connectivity index (χ4v) is 2.31. The summed E-state index contributed by atoms with van der Waals surface area (Å²) in [6.07, 6.45) is 2.63.